The highest BCUT2D eigenvalue weighted by molar-refractivity contribution is 9.10. The molecule has 1 N–H and O–H groups in total. The molecule has 0 amide bonds. The van der Waals surface area contributed by atoms with E-state index in [-0.39, 0.29) is 11.7 Å². The molecule has 1 aromatic carbocycles. The predicted molar refractivity (Wildman–Crippen MR) is 91.2 cm³/mol. The topological polar surface area (TPSA) is 30.5 Å². The minimum atomic E-state index is 0.0755. The third-order valence-corrected chi connectivity index (χ3v) is 5.91. The van der Waals surface area contributed by atoms with Crippen LogP contribution in [0.15, 0.2) is 22.7 Å². The van der Waals surface area contributed by atoms with E-state index in [1.165, 1.54) is 17.7 Å². The van der Waals surface area contributed by atoms with Gasteiger partial charge >= 0.3 is 0 Å². The van der Waals surface area contributed by atoms with Crippen molar-refractivity contribution >= 4 is 27.7 Å². The molecule has 2 aliphatic rings. The smallest absolute Gasteiger partial charge is 0.124 e. The predicted octanol–water partition coefficient (Wildman–Crippen LogP) is 3.60. The van der Waals surface area contributed by atoms with Crippen LogP contribution in [0.1, 0.15) is 24.8 Å². The SMILES string of the molecule is CNCc1cc(Br)ccc1OC1CCOC2(CCSC2)C1. The zero-order valence-electron chi connectivity index (χ0n) is 12.4. The van der Waals surface area contributed by atoms with Crippen LogP contribution in [0.25, 0.3) is 0 Å². The molecule has 0 aromatic heterocycles. The van der Waals surface area contributed by atoms with Crippen LogP contribution in [0, 0.1) is 0 Å². The van der Waals surface area contributed by atoms with Crippen molar-refractivity contribution in [2.75, 3.05) is 25.2 Å². The highest BCUT2D eigenvalue weighted by Gasteiger charge is 2.41. The summed E-state index contributed by atoms with van der Waals surface area (Å²) in [5, 5.41) is 3.21. The summed E-state index contributed by atoms with van der Waals surface area (Å²) < 4.78 is 13.5. The number of ether oxygens (including phenoxy) is 2. The molecule has 1 aromatic rings. The Morgan fingerprint density at radius 2 is 2.43 bits per heavy atom. The van der Waals surface area contributed by atoms with Crippen molar-refractivity contribution < 1.29 is 9.47 Å². The Hall–Kier alpha value is -0.230. The second kappa shape index (κ2) is 6.90. The average Bonchev–Trinajstić information content (AvgIpc) is 2.90. The normalized spacial score (nSPS) is 29.0. The van der Waals surface area contributed by atoms with Crippen LogP contribution < -0.4 is 10.1 Å². The van der Waals surface area contributed by atoms with Gasteiger partial charge in [-0.05, 0) is 37.4 Å². The Bertz CT molecular complexity index is 491. The fourth-order valence-electron chi connectivity index (χ4n) is 3.12. The maximum atomic E-state index is 6.33. The molecule has 3 nitrogen and oxygen atoms in total. The lowest BCUT2D eigenvalue weighted by Gasteiger charge is -2.37. The number of rotatable bonds is 4. The van der Waals surface area contributed by atoms with Gasteiger partial charge in [0, 0.05) is 35.2 Å². The molecule has 2 saturated heterocycles. The van der Waals surface area contributed by atoms with Gasteiger partial charge in [-0.3, -0.25) is 0 Å². The lowest BCUT2D eigenvalue weighted by atomic mass is 9.91. The van der Waals surface area contributed by atoms with Crippen molar-refractivity contribution in [3.8, 4) is 5.75 Å². The summed E-state index contributed by atoms with van der Waals surface area (Å²) in [7, 11) is 1.96. The average molecular weight is 372 g/mol. The second-order valence-corrected chi connectivity index (χ2v) is 7.87. The fraction of sp³-hybridized carbons (Fsp3) is 0.625. The summed E-state index contributed by atoms with van der Waals surface area (Å²) in [4.78, 5) is 0. The molecule has 2 aliphatic heterocycles. The number of benzene rings is 1. The van der Waals surface area contributed by atoms with Gasteiger partial charge in [-0.2, -0.15) is 11.8 Å². The van der Waals surface area contributed by atoms with Crippen LogP contribution in [0.3, 0.4) is 0 Å². The molecule has 0 aliphatic carbocycles. The Kier molecular flexibility index (Phi) is 5.15. The quantitative estimate of drug-likeness (QED) is 0.875. The summed E-state index contributed by atoms with van der Waals surface area (Å²) in [6, 6.07) is 6.25. The first-order chi connectivity index (χ1) is 10.2. The Labute approximate surface area is 139 Å². The summed E-state index contributed by atoms with van der Waals surface area (Å²) >= 11 is 5.54. The summed E-state index contributed by atoms with van der Waals surface area (Å²) in [5.74, 6) is 3.34. The van der Waals surface area contributed by atoms with Crippen LogP contribution in [-0.4, -0.2) is 36.9 Å². The van der Waals surface area contributed by atoms with Crippen molar-refractivity contribution in [2.24, 2.45) is 0 Å². The summed E-state index contributed by atoms with van der Waals surface area (Å²) in [6.45, 7) is 1.64. The van der Waals surface area contributed by atoms with Crippen LogP contribution in [-0.2, 0) is 11.3 Å². The fourth-order valence-corrected chi connectivity index (χ4v) is 4.90. The molecule has 0 saturated carbocycles. The molecule has 2 heterocycles. The molecule has 0 bridgehead atoms. The Morgan fingerprint density at radius 1 is 1.52 bits per heavy atom. The van der Waals surface area contributed by atoms with Crippen LogP contribution in [0.4, 0.5) is 0 Å². The lowest BCUT2D eigenvalue weighted by molar-refractivity contribution is -0.0960. The van der Waals surface area contributed by atoms with Gasteiger partial charge in [-0.15, -0.1) is 0 Å². The summed E-state index contributed by atoms with van der Waals surface area (Å²) in [6.07, 6.45) is 3.45. The molecule has 3 rings (SSSR count). The highest BCUT2D eigenvalue weighted by Crippen LogP contribution is 2.39. The molecular formula is C16H22BrNO2S. The number of thioether (sulfide) groups is 1. The van der Waals surface area contributed by atoms with Crippen molar-refractivity contribution in [3.63, 3.8) is 0 Å². The second-order valence-electron chi connectivity index (χ2n) is 5.85. The van der Waals surface area contributed by atoms with E-state index in [0.29, 0.717) is 0 Å². The van der Waals surface area contributed by atoms with E-state index >= 15 is 0 Å². The maximum absolute atomic E-state index is 6.33. The minimum Gasteiger partial charge on any atom is -0.490 e. The van der Waals surface area contributed by atoms with Crippen LogP contribution in [0.2, 0.25) is 0 Å². The molecule has 0 radical (unpaired) electrons. The molecule has 2 fully saturated rings. The van der Waals surface area contributed by atoms with Crippen molar-refractivity contribution in [2.45, 2.75) is 37.5 Å². The van der Waals surface area contributed by atoms with Crippen molar-refractivity contribution in [3.05, 3.63) is 28.2 Å². The molecule has 116 valence electrons. The van der Waals surface area contributed by atoms with Crippen LogP contribution in [0.5, 0.6) is 5.75 Å². The lowest BCUT2D eigenvalue weighted by Crippen LogP contribution is -2.43. The van der Waals surface area contributed by atoms with Crippen molar-refractivity contribution in [1.29, 1.82) is 0 Å². The molecule has 1 spiro atoms. The van der Waals surface area contributed by atoms with E-state index in [0.717, 1.165) is 42.0 Å². The van der Waals surface area contributed by atoms with Gasteiger partial charge in [0.25, 0.3) is 0 Å². The minimum absolute atomic E-state index is 0.0755. The van der Waals surface area contributed by atoms with Gasteiger partial charge in [-0.1, -0.05) is 15.9 Å². The third-order valence-electron chi connectivity index (χ3n) is 4.20. The number of hydrogen-bond donors (Lipinski definition) is 1. The maximum Gasteiger partial charge on any atom is 0.124 e. The van der Waals surface area contributed by atoms with Gasteiger partial charge < -0.3 is 14.8 Å². The van der Waals surface area contributed by atoms with Crippen molar-refractivity contribution in [1.82, 2.24) is 5.32 Å². The Morgan fingerprint density at radius 3 is 3.19 bits per heavy atom. The molecule has 5 heteroatoms. The third kappa shape index (κ3) is 3.76. The molecule has 21 heavy (non-hydrogen) atoms. The van der Waals surface area contributed by atoms with E-state index < -0.39 is 0 Å². The van der Waals surface area contributed by atoms with E-state index in [4.69, 9.17) is 9.47 Å². The zero-order valence-corrected chi connectivity index (χ0v) is 14.8. The highest BCUT2D eigenvalue weighted by atomic mass is 79.9. The Balaban J connectivity index is 1.71. The standard InChI is InChI=1S/C16H22BrNO2S/c1-18-10-12-8-13(17)2-3-15(12)20-14-4-6-19-16(9-14)5-7-21-11-16/h2-3,8,14,18H,4-7,9-11H2,1H3. The van der Waals surface area contributed by atoms with Crippen LogP contribution >= 0.6 is 27.7 Å². The molecule has 2 atom stereocenters. The van der Waals surface area contributed by atoms with E-state index in [1.54, 1.807) is 0 Å². The zero-order chi connectivity index (χ0) is 14.7. The number of hydrogen-bond acceptors (Lipinski definition) is 4. The molecule has 2 unspecified atom stereocenters. The number of halogens is 1. The number of nitrogens with one attached hydrogen (secondary N) is 1. The monoisotopic (exact) mass is 371 g/mol. The largest absolute Gasteiger partial charge is 0.490 e. The van der Waals surface area contributed by atoms with Gasteiger partial charge in [0.1, 0.15) is 11.9 Å². The first-order valence-electron chi connectivity index (χ1n) is 7.52. The van der Waals surface area contributed by atoms with Gasteiger partial charge in [-0.25, -0.2) is 0 Å². The van der Waals surface area contributed by atoms with E-state index in [2.05, 4.69) is 39.4 Å². The van der Waals surface area contributed by atoms with E-state index in [9.17, 15) is 0 Å². The molecular weight excluding hydrogens is 350 g/mol. The van der Waals surface area contributed by atoms with E-state index in [1.807, 2.05) is 18.8 Å². The van der Waals surface area contributed by atoms with Gasteiger partial charge in [0.05, 0.1) is 12.2 Å². The first-order valence-corrected chi connectivity index (χ1v) is 9.47. The van der Waals surface area contributed by atoms with Gasteiger partial charge in [0.2, 0.25) is 0 Å². The summed E-state index contributed by atoms with van der Waals surface area (Å²) in [5.41, 5.74) is 1.28. The van der Waals surface area contributed by atoms with Gasteiger partial charge in [0.15, 0.2) is 0 Å². The first kappa shape index (κ1) is 15.7.